The molecule has 0 aliphatic carbocycles. The Hall–Kier alpha value is -3.46. The van der Waals surface area contributed by atoms with Crippen LogP contribution in [-0.4, -0.2) is 48.2 Å². The van der Waals surface area contributed by atoms with Crippen LogP contribution < -0.4 is 14.8 Å². The fraction of sp³-hybridized carbons (Fsp3) is 0.517. The first-order chi connectivity index (χ1) is 18.3. The molecule has 3 rings (SSSR count). The average molecular weight is 527 g/mol. The van der Waals surface area contributed by atoms with Crippen LogP contribution in [0.15, 0.2) is 42.6 Å². The quantitative estimate of drug-likeness (QED) is 0.446. The number of hydrogen-bond donors (Lipinski definition) is 1. The number of rotatable bonds is 10. The van der Waals surface area contributed by atoms with Gasteiger partial charge in [-0.3, -0.25) is 9.59 Å². The minimum atomic E-state index is -0.886. The number of aromatic nitrogens is 1. The van der Waals surface area contributed by atoms with Gasteiger partial charge in [-0.15, -0.1) is 0 Å². The van der Waals surface area contributed by atoms with Crippen molar-refractivity contribution in [2.45, 2.75) is 84.2 Å². The highest BCUT2D eigenvalue weighted by Gasteiger charge is 2.35. The van der Waals surface area contributed by atoms with Crippen molar-refractivity contribution in [1.29, 1.82) is 0 Å². The van der Waals surface area contributed by atoms with Gasteiger partial charge in [0.05, 0.1) is 19.8 Å². The van der Waals surface area contributed by atoms with Gasteiger partial charge in [0.15, 0.2) is 11.4 Å². The Balaban J connectivity index is 1.76. The molecule has 0 saturated carbocycles. The highest BCUT2D eigenvalue weighted by molar-refractivity contribution is 5.98. The van der Waals surface area contributed by atoms with E-state index in [4.69, 9.17) is 18.9 Å². The zero-order chi connectivity index (χ0) is 27.5. The maximum Gasteiger partial charge on any atom is 0.328 e. The smallest absolute Gasteiger partial charge is 0.328 e. The highest BCUT2D eigenvalue weighted by Crippen LogP contribution is 2.31. The van der Waals surface area contributed by atoms with Gasteiger partial charge in [0, 0.05) is 25.1 Å². The van der Waals surface area contributed by atoms with Crippen molar-refractivity contribution in [2.24, 2.45) is 5.92 Å². The normalized spacial score (nSPS) is 21.8. The number of hydrogen-bond acceptors (Lipinski definition) is 8. The molecule has 1 fully saturated rings. The molecule has 2 aromatic rings. The molecular weight excluding hydrogens is 488 g/mol. The van der Waals surface area contributed by atoms with Crippen LogP contribution in [0.1, 0.15) is 75.3 Å². The van der Waals surface area contributed by atoms with Crippen LogP contribution in [-0.2, 0) is 25.7 Å². The van der Waals surface area contributed by atoms with Crippen molar-refractivity contribution in [1.82, 2.24) is 10.3 Å². The Morgan fingerprint density at radius 2 is 1.92 bits per heavy atom. The fourth-order valence-corrected chi connectivity index (χ4v) is 4.71. The molecule has 1 amide bonds. The molecule has 4 unspecified atom stereocenters. The van der Waals surface area contributed by atoms with E-state index in [9.17, 15) is 14.4 Å². The summed E-state index contributed by atoms with van der Waals surface area (Å²) in [6.45, 7) is 5.73. The van der Waals surface area contributed by atoms with E-state index < -0.39 is 23.9 Å². The molecule has 1 N–H and O–H groups in total. The van der Waals surface area contributed by atoms with Crippen molar-refractivity contribution in [3.63, 3.8) is 0 Å². The van der Waals surface area contributed by atoms with E-state index >= 15 is 0 Å². The minimum Gasteiger partial charge on any atom is -0.493 e. The van der Waals surface area contributed by atoms with Gasteiger partial charge in [-0.25, -0.2) is 9.78 Å². The number of amides is 1. The van der Waals surface area contributed by atoms with Gasteiger partial charge in [-0.1, -0.05) is 50.1 Å². The lowest BCUT2D eigenvalue weighted by Crippen LogP contribution is -2.43. The van der Waals surface area contributed by atoms with Gasteiger partial charge < -0.3 is 24.3 Å². The zero-order valence-corrected chi connectivity index (χ0v) is 22.6. The summed E-state index contributed by atoms with van der Waals surface area (Å²) in [4.78, 5) is 42.0. The van der Waals surface area contributed by atoms with Crippen LogP contribution in [0.4, 0.5) is 0 Å². The van der Waals surface area contributed by atoms with Crippen LogP contribution in [0, 0.1) is 5.92 Å². The molecule has 0 bridgehead atoms. The largest absolute Gasteiger partial charge is 0.493 e. The molecule has 206 valence electrons. The van der Waals surface area contributed by atoms with E-state index in [0.717, 1.165) is 31.2 Å². The van der Waals surface area contributed by atoms with Gasteiger partial charge in [0.2, 0.25) is 5.75 Å². The van der Waals surface area contributed by atoms with Gasteiger partial charge in [-0.05, 0) is 38.2 Å². The summed E-state index contributed by atoms with van der Waals surface area (Å²) in [5.74, 6) is -1.67. The number of ether oxygens (including phenoxy) is 4. The second kappa shape index (κ2) is 14.5. The van der Waals surface area contributed by atoms with Crippen molar-refractivity contribution in [3.8, 4) is 11.5 Å². The van der Waals surface area contributed by atoms with Crippen molar-refractivity contribution >= 4 is 17.8 Å². The van der Waals surface area contributed by atoms with Crippen LogP contribution in [0.2, 0.25) is 0 Å². The maximum absolute atomic E-state index is 13.2. The number of esters is 2. The van der Waals surface area contributed by atoms with Gasteiger partial charge in [0.1, 0.15) is 12.1 Å². The number of nitrogens with one attached hydrogen (secondary N) is 1. The van der Waals surface area contributed by atoms with Crippen molar-refractivity contribution < 1.29 is 33.3 Å². The molecule has 2 heterocycles. The Bertz CT molecular complexity index is 1080. The maximum atomic E-state index is 13.2. The predicted molar refractivity (Wildman–Crippen MR) is 141 cm³/mol. The molecule has 4 atom stereocenters. The SMILES string of the molecule is CCCCC1C(C)OC(=O)C(NC(=O)c2nccc(OC)c2OC(C)=O)CCCC1OCc1ccccc1. The summed E-state index contributed by atoms with van der Waals surface area (Å²) in [6, 6.07) is 10.6. The summed E-state index contributed by atoms with van der Waals surface area (Å²) in [7, 11) is 1.40. The van der Waals surface area contributed by atoms with Gasteiger partial charge >= 0.3 is 11.9 Å². The molecule has 9 heteroatoms. The van der Waals surface area contributed by atoms with E-state index in [2.05, 4.69) is 17.2 Å². The minimum absolute atomic E-state index is 0.0349. The molecule has 9 nitrogen and oxygen atoms in total. The van der Waals surface area contributed by atoms with E-state index in [1.807, 2.05) is 37.3 Å². The van der Waals surface area contributed by atoms with Crippen molar-refractivity contribution in [2.75, 3.05) is 7.11 Å². The Morgan fingerprint density at radius 1 is 1.16 bits per heavy atom. The van der Waals surface area contributed by atoms with Crippen LogP contribution in [0.5, 0.6) is 11.5 Å². The zero-order valence-electron chi connectivity index (χ0n) is 22.6. The molecule has 0 radical (unpaired) electrons. The Kier molecular flexibility index (Phi) is 11.1. The molecular formula is C29H38N2O7. The number of benzene rings is 1. The lowest BCUT2D eigenvalue weighted by Gasteiger charge is -2.31. The highest BCUT2D eigenvalue weighted by atomic mass is 16.6. The molecule has 1 saturated heterocycles. The first-order valence-electron chi connectivity index (χ1n) is 13.2. The van der Waals surface area contributed by atoms with E-state index in [1.165, 1.54) is 26.3 Å². The van der Waals surface area contributed by atoms with E-state index in [1.54, 1.807) is 0 Å². The molecule has 1 aliphatic rings. The fourth-order valence-electron chi connectivity index (χ4n) is 4.71. The number of carbonyl (C=O) groups excluding carboxylic acids is 3. The Morgan fingerprint density at radius 3 is 2.61 bits per heavy atom. The number of pyridine rings is 1. The predicted octanol–water partition coefficient (Wildman–Crippen LogP) is 4.62. The second-order valence-electron chi connectivity index (χ2n) is 9.52. The van der Waals surface area contributed by atoms with Gasteiger partial charge in [-0.2, -0.15) is 0 Å². The van der Waals surface area contributed by atoms with Crippen LogP contribution >= 0.6 is 0 Å². The van der Waals surface area contributed by atoms with Crippen molar-refractivity contribution in [3.05, 3.63) is 53.9 Å². The third kappa shape index (κ3) is 8.02. The third-order valence-electron chi connectivity index (χ3n) is 6.70. The first-order valence-corrected chi connectivity index (χ1v) is 13.2. The number of methoxy groups -OCH3 is 1. The summed E-state index contributed by atoms with van der Waals surface area (Å²) in [5.41, 5.74) is 0.941. The number of unbranched alkanes of at least 4 members (excludes halogenated alkanes) is 1. The number of carbonyl (C=O) groups is 3. The van der Waals surface area contributed by atoms with Crippen LogP contribution in [0.25, 0.3) is 0 Å². The standard InChI is InChI=1S/C29H38N2O7/c1-5-6-13-22-19(2)37-29(34)23(14-10-15-24(22)36-18-21-11-8-7-9-12-21)31-28(33)26-27(38-20(3)32)25(35-4)16-17-30-26/h7-9,11-12,16-17,19,22-24H,5-6,10,13-15,18H2,1-4H3,(H,31,33). The lowest BCUT2D eigenvalue weighted by molar-refractivity contribution is -0.156. The second-order valence-corrected chi connectivity index (χ2v) is 9.52. The Labute approximate surface area is 224 Å². The number of cyclic esters (lactones) is 1. The summed E-state index contributed by atoms with van der Waals surface area (Å²) >= 11 is 0. The number of nitrogens with zero attached hydrogens (tertiary/aromatic N) is 1. The van der Waals surface area contributed by atoms with Gasteiger partial charge in [0.25, 0.3) is 5.91 Å². The summed E-state index contributed by atoms with van der Waals surface area (Å²) < 4.78 is 22.7. The van der Waals surface area contributed by atoms with Crippen LogP contribution in [0.3, 0.4) is 0 Å². The summed E-state index contributed by atoms with van der Waals surface area (Å²) in [5, 5.41) is 2.73. The molecule has 38 heavy (non-hydrogen) atoms. The first kappa shape index (κ1) is 29.1. The lowest BCUT2D eigenvalue weighted by atomic mass is 9.88. The topological polar surface area (TPSA) is 113 Å². The molecule has 1 aromatic carbocycles. The van der Waals surface area contributed by atoms with E-state index in [-0.39, 0.29) is 35.3 Å². The average Bonchev–Trinajstić information content (AvgIpc) is 2.95. The summed E-state index contributed by atoms with van der Waals surface area (Å²) in [6.07, 6.45) is 5.54. The molecule has 0 spiro atoms. The molecule has 1 aliphatic heterocycles. The third-order valence-corrected chi connectivity index (χ3v) is 6.70. The molecule has 1 aromatic heterocycles. The monoisotopic (exact) mass is 526 g/mol. The van der Waals surface area contributed by atoms with E-state index in [0.29, 0.717) is 19.4 Å².